The first-order valence-electron chi connectivity index (χ1n) is 7.07. The molecular weight excluding hydrogens is 304 g/mol. The Labute approximate surface area is 131 Å². The van der Waals surface area contributed by atoms with E-state index in [1.807, 2.05) is 0 Å². The number of halogens is 2. The van der Waals surface area contributed by atoms with Crippen molar-refractivity contribution in [2.24, 2.45) is 0 Å². The quantitative estimate of drug-likeness (QED) is 0.882. The molecule has 0 atom stereocenters. The van der Waals surface area contributed by atoms with E-state index in [9.17, 15) is 18.4 Å². The second-order valence-electron chi connectivity index (χ2n) is 5.21. The first-order chi connectivity index (χ1) is 11.0. The molecule has 1 amide bonds. The van der Waals surface area contributed by atoms with E-state index in [0.717, 1.165) is 17.7 Å². The first kappa shape index (κ1) is 15.1. The van der Waals surface area contributed by atoms with Gasteiger partial charge >= 0.3 is 0 Å². The number of ketones is 1. The van der Waals surface area contributed by atoms with Gasteiger partial charge in [-0.05, 0) is 42.3 Å². The topological polar surface area (TPSA) is 55.4 Å². The summed E-state index contributed by atoms with van der Waals surface area (Å²) in [5.74, 6) is -2.12. The Kier molecular flexibility index (Phi) is 4.06. The molecule has 0 unspecified atom stereocenters. The maximum Gasteiger partial charge on any atom is 0.224 e. The molecule has 1 aliphatic rings. The molecule has 118 valence electrons. The number of fused-ring (bicyclic) bond motifs is 1. The number of Topliss-reactive ketones (excluding diaryl/α,β-unsaturated/α-hetero) is 1. The standard InChI is InChI=1S/C17H13F2NO3/c18-12-3-5-16(13(19)8-12)23-9-15(21)11-1-4-14-10(7-11)2-6-17(22)20-14/h1,3-5,7-8H,2,6,9H2,(H,20,22). The SMILES string of the molecule is O=C1CCc2cc(C(=O)COc3ccc(F)cc3F)ccc2N1. The van der Waals surface area contributed by atoms with E-state index in [1.54, 1.807) is 18.2 Å². The molecule has 2 aromatic rings. The highest BCUT2D eigenvalue weighted by Gasteiger charge is 2.17. The second kappa shape index (κ2) is 6.16. The third-order valence-electron chi connectivity index (χ3n) is 3.58. The lowest BCUT2D eigenvalue weighted by molar-refractivity contribution is -0.116. The van der Waals surface area contributed by atoms with Crippen molar-refractivity contribution in [2.75, 3.05) is 11.9 Å². The second-order valence-corrected chi connectivity index (χ2v) is 5.21. The van der Waals surface area contributed by atoms with Crippen molar-refractivity contribution in [1.29, 1.82) is 0 Å². The van der Waals surface area contributed by atoms with Crippen molar-refractivity contribution in [3.8, 4) is 5.75 Å². The van der Waals surface area contributed by atoms with E-state index < -0.39 is 11.6 Å². The van der Waals surface area contributed by atoms with Crippen LogP contribution < -0.4 is 10.1 Å². The average molecular weight is 317 g/mol. The van der Waals surface area contributed by atoms with Crippen LogP contribution >= 0.6 is 0 Å². The lowest BCUT2D eigenvalue weighted by atomic mass is 9.99. The van der Waals surface area contributed by atoms with Crippen LogP contribution in [0.25, 0.3) is 0 Å². The van der Waals surface area contributed by atoms with E-state index in [2.05, 4.69) is 5.32 Å². The van der Waals surface area contributed by atoms with Gasteiger partial charge in [0.15, 0.2) is 24.0 Å². The van der Waals surface area contributed by atoms with Crippen molar-refractivity contribution >= 4 is 17.4 Å². The van der Waals surface area contributed by atoms with E-state index in [0.29, 0.717) is 30.2 Å². The monoisotopic (exact) mass is 317 g/mol. The van der Waals surface area contributed by atoms with Crippen LogP contribution in [0.4, 0.5) is 14.5 Å². The van der Waals surface area contributed by atoms with Gasteiger partial charge in [-0.25, -0.2) is 8.78 Å². The van der Waals surface area contributed by atoms with Gasteiger partial charge in [0.05, 0.1) is 0 Å². The van der Waals surface area contributed by atoms with Crippen molar-refractivity contribution < 1.29 is 23.1 Å². The lowest BCUT2D eigenvalue weighted by Gasteiger charge is -2.17. The van der Waals surface area contributed by atoms with Crippen LogP contribution in [0.15, 0.2) is 36.4 Å². The fourth-order valence-electron chi connectivity index (χ4n) is 2.38. The van der Waals surface area contributed by atoms with Gasteiger partial charge in [0.25, 0.3) is 0 Å². The van der Waals surface area contributed by atoms with Crippen molar-refractivity contribution in [2.45, 2.75) is 12.8 Å². The minimum atomic E-state index is -0.856. The first-order valence-corrected chi connectivity index (χ1v) is 7.07. The number of carbonyl (C=O) groups excluding carboxylic acids is 2. The van der Waals surface area contributed by atoms with E-state index in [4.69, 9.17) is 4.74 Å². The summed E-state index contributed by atoms with van der Waals surface area (Å²) < 4.78 is 31.4. The molecule has 6 heteroatoms. The van der Waals surface area contributed by atoms with Crippen molar-refractivity contribution in [3.05, 3.63) is 59.2 Å². The zero-order valence-corrected chi connectivity index (χ0v) is 12.1. The summed E-state index contributed by atoms with van der Waals surface area (Å²) >= 11 is 0. The number of hydrogen-bond acceptors (Lipinski definition) is 3. The predicted octanol–water partition coefficient (Wildman–Crippen LogP) is 3.11. The van der Waals surface area contributed by atoms with E-state index in [1.165, 1.54) is 0 Å². The number of ether oxygens (including phenoxy) is 1. The minimum absolute atomic E-state index is 0.0494. The number of nitrogens with one attached hydrogen (secondary N) is 1. The lowest BCUT2D eigenvalue weighted by Crippen LogP contribution is -2.20. The Morgan fingerprint density at radius 1 is 1.13 bits per heavy atom. The van der Waals surface area contributed by atoms with Gasteiger partial charge in [0.2, 0.25) is 5.91 Å². The average Bonchev–Trinajstić information content (AvgIpc) is 2.53. The fourth-order valence-corrected chi connectivity index (χ4v) is 2.38. The Hall–Kier alpha value is -2.76. The summed E-state index contributed by atoms with van der Waals surface area (Å²) in [4.78, 5) is 23.4. The minimum Gasteiger partial charge on any atom is -0.482 e. The number of benzene rings is 2. The normalized spacial score (nSPS) is 13.2. The Morgan fingerprint density at radius 3 is 2.74 bits per heavy atom. The number of amides is 1. The number of aryl methyl sites for hydroxylation is 1. The van der Waals surface area contributed by atoms with Crippen LogP contribution in [0.5, 0.6) is 5.75 Å². The maximum absolute atomic E-state index is 13.4. The van der Waals surface area contributed by atoms with Gasteiger partial charge in [-0.15, -0.1) is 0 Å². The molecule has 0 aliphatic carbocycles. The maximum atomic E-state index is 13.4. The van der Waals surface area contributed by atoms with E-state index in [-0.39, 0.29) is 24.0 Å². The van der Waals surface area contributed by atoms with Gasteiger partial charge in [-0.2, -0.15) is 0 Å². The van der Waals surface area contributed by atoms with Crippen LogP contribution in [0.1, 0.15) is 22.3 Å². The Bertz CT molecular complexity index is 789. The highest BCUT2D eigenvalue weighted by Crippen LogP contribution is 2.24. The zero-order chi connectivity index (χ0) is 16.4. The highest BCUT2D eigenvalue weighted by molar-refractivity contribution is 5.99. The molecule has 0 aromatic heterocycles. The van der Waals surface area contributed by atoms with Gasteiger partial charge < -0.3 is 10.1 Å². The number of carbonyl (C=O) groups is 2. The summed E-state index contributed by atoms with van der Waals surface area (Å²) in [6.07, 6.45) is 0.942. The number of rotatable bonds is 4. The molecule has 0 radical (unpaired) electrons. The number of anilines is 1. The summed E-state index contributed by atoms with van der Waals surface area (Å²) in [7, 11) is 0. The van der Waals surface area contributed by atoms with Gasteiger partial charge in [-0.3, -0.25) is 9.59 Å². The van der Waals surface area contributed by atoms with Crippen LogP contribution in [-0.4, -0.2) is 18.3 Å². The molecule has 0 fully saturated rings. The number of hydrogen-bond donors (Lipinski definition) is 1. The predicted molar refractivity (Wildman–Crippen MR) is 79.6 cm³/mol. The van der Waals surface area contributed by atoms with Crippen molar-refractivity contribution in [1.82, 2.24) is 0 Å². The van der Waals surface area contributed by atoms with Crippen molar-refractivity contribution in [3.63, 3.8) is 0 Å². The summed E-state index contributed by atoms with van der Waals surface area (Å²) in [6, 6.07) is 7.84. The van der Waals surface area contributed by atoms with Gasteiger partial charge in [-0.1, -0.05) is 0 Å². The third-order valence-corrected chi connectivity index (χ3v) is 3.58. The summed E-state index contributed by atoms with van der Waals surface area (Å²) in [5.41, 5.74) is 1.99. The molecule has 0 bridgehead atoms. The molecule has 1 N–H and O–H groups in total. The molecular formula is C17H13F2NO3. The molecule has 4 nitrogen and oxygen atoms in total. The largest absolute Gasteiger partial charge is 0.482 e. The van der Waals surface area contributed by atoms with E-state index >= 15 is 0 Å². The molecule has 0 spiro atoms. The summed E-state index contributed by atoms with van der Waals surface area (Å²) in [6.45, 7) is -0.353. The fraction of sp³-hybridized carbons (Fsp3) is 0.176. The van der Waals surface area contributed by atoms with Crippen LogP contribution in [0.2, 0.25) is 0 Å². The van der Waals surface area contributed by atoms with Gasteiger partial charge in [0, 0.05) is 23.7 Å². The molecule has 3 rings (SSSR count). The van der Waals surface area contributed by atoms with Crippen LogP contribution in [0.3, 0.4) is 0 Å². The molecule has 0 saturated heterocycles. The molecule has 0 saturated carbocycles. The molecule has 2 aromatic carbocycles. The Balaban J connectivity index is 1.70. The highest BCUT2D eigenvalue weighted by atomic mass is 19.1. The molecule has 23 heavy (non-hydrogen) atoms. The van der Waals surface area contributed by atoms with Crippen LogP contribution in [0, 0.1) is 11.6 Å². The van der Waals surface area contributed by atoms with Crippen LogP contribution in [-0.2, 0) is 11.2 Å². The smallest absolute Gasteiger partial charge is 0.224 e. The molecule has 1 heterocycles. The third kappa shape index (κ3) is 3.36. The Morgan fingerprint density at radius 2 is 1.96 bits per heavy atom. The summed E-state index contributed by atoms with van der Waals surface area (Å²) in [5, 5.41) is 2.73. The zero-order valence-electron chi connectivity index (χ0n) is 12.1. The van der Waals surface area contributed by atoms with Gasteiger partial charge in [0.1, 0.15) is 5.82 Å². The molecule has 1 aliphatic heterocycles.